The van der Waals surface area contributed by atoms with Gasteiger partial charge in [-0.25, -0.2) is 18.9 Å². The molecule has 0 radical (unpaired) electrons. The van der Waals surface area contributed by atoms with E-state index in [1.165, 1.54) is 39.4 Å². The van der Waals surface area contributed by atoms with Crippen molar-refractivity contribution in [1.29, 1.82) is 0 Å². The third kappa shape index (κ3) is 19.0. The molecule has 6 aliphatic heterocycles. The van der Waals surface area contributed by atoms with Crippen LogP contribution in [0.4, 0.5) is 0 Å². The minimum absolute atomic E-state index is 0.331. The lowest BCUT2D eigenvalue weighted by molar-refractivity contribution is -0.231. The van der Waals surface area contributed by atoms with E-state index in [2.05, 4.69) is 15.0 Å². The number of nitrogens with two attached hydrogens (primary N) is 3. The highest BCUT2D eigenvalue weighted by molar-refractivity contribution is 7.45. The minimum atomic E-state index is -4.64. The highest BCUT2D eigenvalue weighted by atomic mass is 31.2. The van der Waals surface area contributed by atoms with Gasteiger partial charge in [0.15, 0.2) is 73.0 Å². The number of aromatic amines is 3. The van der Waals surface area contributed by atoms with Gasteiger partial charge in [-0.05, 0) is 57.8 Å². The largest absolute Gasteiger partial charge is 0.466 e. The standard InChI is InChI=1S/3C16H23N3O8.H3O4P/c3*1-9(20)25-8-10-16(17,23)13(27-12-4-2-3-7-24-12)14(26-10)19-6-5-11(21)18-15(19)22;1-5(2,3)4/h3*5-6,10,12-14,23H,2-4,7-8,17H2,1H3,(H,18,21,22);(H3,1,2,3,4)/t3*10-,12?,13+,14-,16-;/m110./s1. The highest BCUT2D eigenvalue weighted by Crippen LogP contribution is 2.40. The molecule has 6 fully saturated rings. The Hall–Kier alpha value is -6.04. The molecule has 0 aromatic carbocycles. The van der Waals surface area contributed by atoms with E-state index in [1.54, 1.807) is 0 Å². The molecule has 6 aliphatic rings. The molecule has 9 rings (SSSR count). The summed E-state index contributed by atoms with van der Waals surface area (Å²) in [5, 5.41) is 32.5. The maximum atomic E-state index is 12.2. The van der Waals surface area contributed by atoms with Crippen LogP contribution in [0, 0.1) is 0 Å². The monoisotopic (exact) mass is 1250 g/mol. The van der Waals surface area contributed by atoms with Crippen LogP contribution in [0.1, 0.15) is 97.2 Å². The number of H-pyrrole nitrogens is 3. The number of rotatable bonds is 15. The summed E-state index contributed by atoms with van der Waals surface area (Å²) in [5.41, 5.74) is 7.92. The van der Waals surface area contributed by atoms with Gasteiger partial charge < -0.3 is 86.8 Å². The number of nitrogens with zero attached hydrogens (tertiary/aromatic N) is 3. The Balaban J connectivity index is 0.000000198. The van der Waals surface area contributed by atoms with Gasteiger partial charge in [-0.15, -0.1) is 0 Å². The Labute approximate surface area is 485 Å². The van der Waals surface area contributed by atoms with E-state index >= 15 is 0 Å². The van der Waals surface area contributed by atoms with E-state index in [0.29, 0.717) is 39.1 Å². The molecule has 3 unspecified atom stereocenters. The molecule has 86 heavy (non-hydrogen) atoms. The Morgan fingerprint density at radius 2 is 0.756 bits per heavy atom. The molecule has 3 aromatic heterocycles. The van der Waals surface area contributed by atoms with Crippen LogP contribution in [0.3, 0.4) is 0 Å². The van der Waals surface area contributed by atoms with Gasteiger partial charge in [-0.1, -0.05) is 0 Å². The van der Waals surface area contributed by atoms with Crippen molar-refractivity contribution in [2.24, 2.45) is 17.2 Å². The summed E-state index contributed by atoms with van der Waals surface area (Å²) >= 11 is 0. The lowest BCUT2D eigenvalue weighted by atomic mass is 10.0. The Morgan fingerprint density at radius 1 is 0.512 bits per heavy atom. The fourth-order valence-corrected chi connectivity index (χ4v) is 9.37. The molecule has 37 nitrogen and oxygen atoms in total. The van der Waals surface area contributed by atoms with E-state index in [1.807, 2.05) is 0 Å². The maximum absolute atomic E-state index is 12.2. The minimum Gasteiger partial charge on any atom is -0.463 e. The van der Waals surface area contributed by atoms with Gasteiger partial charge in [0.2, 0.25) is 0 Å². The van der Waals surface area contributed by atoms with Gasteiger partial charge in [0.05, 0.1) is 0 Å². The van der Waals surface area contributed by atoms with Crippen LogP contribution < -0.4 is 50.9 Å². The number of nitrogens with one attached hydrogen (secondary N) is 3. The normalized spacial score (nSPS) is 32.5. The van der Waals surface area contributed by atoms with Crippen molar-refractivity contribution in [1.82, 2.24) is 28.7 Å². The van der Waals surface area contributed by atoms with Gasteiger partial charge in [-0.2, -0.15) is 0 Å². The van der Waals surface area contributed by atoms with Crippen molar-refractivity contribution in [2.75, 3.05) is 39.6 Å². The topological polar surface area (TPSA) is 543 Å². The molecule has 6 saturated heterocycles. The van der Waals surface area contributed by atoms with E-state index in [-0.39, 0.29) is 19.8 Å². The molecule has 0 bridgehead atoms. The second-order valence-electron chi connectivity index (χ2n) is 20.2. The predicted molar refractivity (Wildman–Crippen MR) is 283 cm³/mol. The van der Waals surface area contributed by atoms with Crippen molar-refractivity contribution in [3.63, 3.8) is 0 Å². The fourth-order valence-electron chi connectivity index (χ4n) is 9.37. The summed E-state index contributed by atoms with van der Waals surface area (Å²) < 4.78 is 77.9. The zero-order chi connectivity index (χ0) is 63.3. The Bertz CT molecular complexity index is 2840. The van der Waals surface area contributed by atoms with E-state index < -0.39 is 151 Å². The number of esters is 3. The van der Waals surface area contributed by atoms with Crippen LogP contribution in [-0.4, -0.2) is 189 Å². The van der Waals surface area contributed by atoms with Crippen LogP contribution in [0.15, 0.2) is 65.6 Å². The molecular weight excluding hydrogens is 1180 g/mol. The van der Waals surface area contributed by atoms with E-state index in [0.717, 1.165) is 70.4 Å². The second-order valence-corrected chi connectivity index (χ2v) is 21.3. The average Bonchev–Trinajstić information content (AvgIpc) is 1.70. The quantitative estimate of drug-likeness (QED) is 0.0293. The number of aromatic nitrogens is 6. The van der Waals surface area contributed by atoms with Gasteiger partial charge >= 0.3 is 42.8 Å². The van der Waals surface area contributed by atoms with Gasteiger partial charge in [0.1, 0.15) is 38.1 Å². The van der Waals surface area contributed by atoms with Crippen LogP contribution in [-0.2, 0) is 75.8 Å². The summed E-state index contributed by atoms with van der Waals surface area (Å²) in [5.74, 6) is -1.73. The molecule has 38 heteroatoms. The first kappa shape index (κ1) is 69.1. The first-order valence-corrected chi connectivity index (χ1v) is 28.4. The fraction of sp³-hybridized carbons (Fsp3) is 0.688. The third-order valence-electron chi connectivity index (χ3n) is 13.6. The number of phosphoric acid groups is 1. The second kappa shape index (κ2) is 30.2. The zero-order valence-electron chi connectivity index (χ0n) is 46.7. The zero-order valence-corrected chi connectivity index (χ0v) is 47.6. The van der Waals surface area contributed by atoms with Crippen LogP contribution in [0.5, 0.6) is 0 Å². The smallest absolute Gasteiger partial charge is 0.463 e. The first-order valence-electron chi connectivity index (χ1n) is 26.8. The molecule has 0 aliphatic carbocycles. The summed E-state index contributed by atoms with van der Waals surface area (Å²) in [6, 6.07) is 3.40. The number of ether oxygens (including phenoxy) is 12. The maximum Gasteiger partial charge on any atom is 0.466 e. The van der Waals surface area contributed by atoms with Gasteiger partial charge in [0, 0.05) is 77.4 Å². The summed E-state index contributed by atoms with van der Waals surface area (Å²) in [4.78, 5) is 132. The SMILES string of the molecule is CC(=O)OC[C@@H]1O[C@H](n2ccc(=O)[nH]c2=O)[C@@H](OC2CCCCO2)[C@@]1(N)O.CC(=O)OC[C@H]1O[C@@H](n2ccc(=O)[nH]c2=O)[C@H](OC2CCCCO2)[C@]1(N)O.CC(=O)OC[C@H]1O[C@@H](n2ccc(=O)[nH]c2=O)[C@H](OC2CCCCO2)[C@]1(N)O.O=P(O)(O)O. The number of carbonyl (C=O) groups is 3. The summed E-state index contributed by atoms with van der Waals surface area (Å²) in [6.45, 7) is 4.13. The predicted octanol–water partition coefficient (Wildman–Crippen LogP) is -5.26. The van der Waals surface area contributed by atoms with Crippen molar-refractivity contribution >= 4 is 25.7 Å². The lowest BCUT2D eigenvalue weighted by Gasteiger charge is -2.33. The molecule has 0 saturated carbocycles. The molecule has 0 amide bonds. The molecule has 9 heterocycles. The number of hydrogen-bond donors (Lipinski definition) is 12. The van der Waals surface area contributed by atoms with Gasteiger partial charge in [-0.3, -0.25) is 74.6 Å². The molecule has 15 atom stereocenters. The van der Waals surface area contributed by atoms with Crippen molar-refractivity contribution < 1.29 is 106 Å². The lowest BCUT2D eigenvalue weighted by Crippen LogP contribution is -2.59. The Morgan fingerprint density at radius 3 is 0.953 bits per heavy atom. The molecule has 0 spiro atoms. The van der Waals surface area contributed by atoms with Crippen LogP contribution >= 0.6 is 7.82 Å². The van der Waals surface area contributed by atoms with E-state index in [4.69, 9.17) is 93.3 Å². The van der Waals surface area contributed by atoms with Crippen LogP contribution in [0.2, 0.25) is 0 Å². The van der Waals surface area contributed by atoms with E-state index in [9.17, 15) is 58.5 Å². The molecule has 15 N–H and O–H groups in total. The molecular formula is C48H72N9O28P. The molecule has 3 aromatic rings. The highest BCUT2D eigenvalue weighted by Gasteiger charge is 2.59. The number of aliphatic hydroxyl groups is 3. The summed E-state index contributed by atoms with van der Waals surface area (Å²) in [6.07, 6.45) is -1.69. The van der Waals surface area contributed by atoms with Gasteiger partial charge in [0.25, 0.3) is 16.7 Å². The average molecular weight is 1250 g/mol. The first-order chi connectivity index (χ1) is 40.4. The van der Waals surface area contributed by atoms with Crippen molar-refractivity contribution in [3.8, 4) is 0 Å². The summed E-state index contributed by atoms with van der Waals surface area (Å²) in [7, 11) is -4.64. The third-order valence-corrected chi connectivity index (χ3v) is 13.6. The number of carbonyl (C=O) groups excluding carboxylic acids is 3. The Kier molecular flexibility index (Phi) is 24.3. The molecule has 482 valence electrons. The van der Waals surface area contributed by atoms with Crippen LogP contribution in [0.25, 0.3) is 0 Å². The van der Waals surface area contributed by atoms with Crippen molar-refractivity contribution in [2.45, 2.75) is 170 Å². The van der Waals surface area contributed by atoms with Crippen molar-refractivity contribution in [3.05, 3.63) is 99.3 Å². The number of hydrogen-bond acceptors (Lipinski definition) is 28.